The predicted octanol–water partition coefficient (Wildman–Crippen LogP) is 20.2. The number of nitrogens with zero attached hydrogens (tertiary/aromatic N) is 6. The van der Waals surface area contributed by atoms with E-state index in [1.165, 1.54) is 70.7 Å². The van der Waals surface area contributed by atoms with Crippen molar-refractivity contribution in [1.29, 1.82) is 0 Å². The molecule has 18 rings (SSSR count). The SMILES string of the molecule is c1ccc(-n2c3ccccc3c3cc(-c4ccc5c6ccccc6n(-c6ccc(-c7nc(-n8c9ccccc9c9ccc(-c%10ccc%11c(c%10)c%10ccccc%10n%11-c%10ccccc%10)cc98)c8ccc9ccccc9c8n7)cc6)c5c4)ccc32)cc1. The molecule has 0 saturated carbocycles. The van der Waals surface area contributed by atoms with Gasteiger partial charge < -0.3 is 13.7 Å². The maximum absolute atomic E-state index is 5.67. The van der Waals surface area contributed by atoms with Gasteiger partial charge in [-0.3, -0.25) is 4.57 Å². The summed E-state index contributed by atoms with van der Waals surface area (Å²) in [6, 6.07) is 106. The zero-order valence-corrected chi connectivity index (χ0v) is 45.4. The van der Waals surface area contributed by atoms with Crippen molar-refractivity contribution in [3.63, 3.8) is 0 Å². The number of rotatable bonds is 7. The summed E-state index contributed by atoms with van der Waals surface area (Å²) < 4.78 is 9.53. The molecule has 18 aromatic rings. The smallest absolute Gasteiger partial charge is 0.162 e. The van der Waals surface area contributed by atoms with Crippen LogP contribution in [0.2, 0.25) is 0 Å². The highest BCUT2D eigenvalue weighted by Gasteiger charge is 2.22. The molecule has 0 aliphatic heterocycles. The molecular formula is C78H48N6. The maximum Gasteiger partial charge on any atom is 0.162 e. The van der Waals surface area contributed by atoms with Crippen LogP contribution in [-0.2, 0) is 0 Å². The first kappa shape index (κ1) is 46.4. The third kappa shape index (κ3) is 6.92. The van der Waals surface area contributed by atoms with Crippen LogP contribution in [0.3, 0.4) is 0 Å². The first-order chi connectivity index (χ1) is 41.7. The number of fused-ring (bicyclic) bond motifs is 15. The molecule has 84 heavy (non-hydrogen) atoms. The minimum atomic E-state index is 0.663. The van der Waals surface area contributed by atoms with Crippen LogP contribution in [0.5, 0.6) is 0 Å². The van der Waals surface area contributed by atoms with Gasteiger partial charge in [-0.1, -0.05) is 176 Å². The minimum absolute atomic E-state index is 0.663. The molecule has 0 atom stereocenters. The summed E-state index contributed by atoms with van der Waals surface area (Å²) in [5.41, 5.74) is 19.1. The lowest BCUT2D eigenvalue weighted by Crippen LogP contribution is -2.03. The summed E-state index contributed by atoms with van der Waals surface area (Å²) in [7, 11) is 0. The summed E-state index contributed by atoms with van der Waals surface area (Å²) in [4.78, 5) is 11.2. The molecule has 6 heteroatoms. The van der Waals surface area contributed by atoms with Crippen molar-refractivity contribution in [1.82, 2.24) is 28.2 Å². The average Bonchev–Trinajstić information content (AvgIpc) is 4.31. The first-order valence-electron chi connectivity index (χ1n) is 28.7. The van der Waals surface area contributed by atoms with Crippen LogP contribution < -0.4 is 0 Å². The number of aromatic nitrogens is 6. The van der Waals surface area contributed by atoms with E-state index in [0.29, 0.717) is 5.82 Å². The Bertz CT molecular complexity index is 5720. The molecule has 0 aliphatic rings. The van der Waals surface area contributed by atoms with Gasteiger partial charge in [-0.2, -0.15) is 0 Å². The quantitative estimate of drug-likeness (QED) is 0.149. The lowest BCUT2D eigenvalue weighted by atomic mass is 10.0. The maximum atomic E-state index is 5.67. The van der Waals surface area contributed by atoms with E-state index in [9.17, 15) is 0 Å². The van der Waals surface area contributed by atoms with Gasteiger partial charge in [0.05, 0.1) is 49.7 Å². The summed E-state index contributed by atoms with van der Waals surface area (Å²) in [5.74, 6) is 1.50. The molecule has 0 radical (unpaired) electrons. The Balaban J connectivity index is 0.787. The Morgan fingerprint density at radius 3 is 1.10 bits per heavy atom. The van der Waals surface area contributed by atoms with Gasteiger partial charge >= 0.3 is 0 Å². The lowest BCUT2D eigenvalue weighted by Gasteiger charge is -2.15. The Morgan fingerprint density at radius 1 is 0.202 bits per heavy atom. The fourth-order valence-electron chi connectivity index (χ4n) is 13.7. The van der Waals surface area contributed by atoms with Gasteiger partial charge in [0, 0.05) is 76.5 Å². The van der Waals surface area contributed by atoms with E-state index in [2.05, 4.69) is 309 Å². The van der Waals surface area contributed by atoms with Crippen molar-refractivity contribution >= 4 is 109 Å². The summed E-state index contributed by atoms with van der Waals surface area (Å²) in [6.07, 6.45) is 0. The highest BCUT2D eigenvalue weighted by atomic mass is 15.1. The molecule has 0 amide bonds. The van der Waals surface area contributed by atoms with Crippen LogP contribution >= 0.6 is 0 Å². The van der Waals surface area contributed by atoms with E-state index in [4.69, 9.17) is 9.97 Å². The Morgan fingerprint density at radius 2 is 0.560 bits per heavy atom. The van der Waals surface area contributed by atoms with Crippen molar-refractivity contribution in [2.45, 2.75) is 0 Å². The molecule has 0 N–H and O–H groups in total. The van der Waals surface area contributed by atoms with E-state index in [1.54, 1.807) is 0 Å². The minimum Gasteiger partial charge on any atom is -0.309 e. The summed E-state index contributed by atoms with van der Waals surface area (Å²) >= 11 is 0. The normalized spacial score (nSPS) is 12.0. The molecule has 0 aliphatic carbocycles. The summed E-state index contributed by atoms with van der Waals surface area (Å²) in [5, 5.41) is 12.9. The van der Waals surface area contributed by atoms with Crippen molar-refractivity contribution in [3.8, 4) is 56.5 Å². The molecule has 390 valence electrons. The van der Waals surface area contributed by atoms with Crippen LogP contribution in [0, 0.1) is 0 Å². The number of benzene rings is 13. The highest BCUT2D eigenvalue weighted by molar-refractivity contribution is 6.16. The monoisotopic (exact) mass is 1070 g/mol. The molecule has 0 saturated heterocycles. The van der Waals surface area contributed by atoms with Gasteiger partial charge in [0.15, 0.2) is 5.82 Å². The number of hydrogen-bond acceptors (Lipinski definition) is 2. The zero-order valence-electron chi connectivity index (χ0n) is 45.4. The number of hydrogen-bond donors (Lipinski definition) is 0. The van der Waals surface area contributed by atoms with Crippen molar-refractivity contribution in [2.75, 3.05) is 0 Å². The van der Waals surface area contributed by atoms with Gasteiger partial charge in [-0.05, 0) is 143 Å². The summed E-state index contributed by atoms with van der Waals surface area (Å²) in [6.45, 7) is 0. The average molecular weight is 1070 g/mol. The van der Waals surface area contributed by atoms with E-state index in [0.717, 1.165) is 88.9 Å². The topological polar surface area (TPSA) is 45.5 Å². The number of para-hydroxylation sites is 6. The third-order valence-corrected chi connectivity index (χ3v) is 17.6. The van der Waals surface area contributed by atoms with Crippen molar-refractivity contribution in [3.05, 3.63) is 291 Å². The Labute approximate surface area is 482 Å². The molecule has 5 aromatic heterocycles. The van der Waals surface area contributed by atoms with Crippen LogP contribution in [-0.4, -0.2) is 28.2 Å². The van der Waals surface area contributed by atoms with E-state index in [1.807, 2.05) is 0 Å². The fraction of sp³-hybridized carbons (Fsp3) is 0. The second kappa shape index (κ2) is 18.1. The fourth-order valence-corrected chi connectivity index (χ4v) is 13.7. The molecule has 13 aromatic carbocycles. The van der Waals surface area contributed by atoms with E-state index >= 15 is 0 Å². The first-order valence-corrected chi connectivity index (χ1v) is 28.7. The van der Waals surface area contributed by atoms with E-state index in [-0.39, 0.29) is 0 Å². The second-order valence-electron chi connectivity index (χ2n) is 22.1. The second-order valence-corrected chi connectivity index (χ2v) is 22.1. The van der Waals surface area contributed by atoms with Crippen molar-refractivity contribution < 1.29 is 0 Å². The van der Waals surface area contributed by atoms with Gasteiger partial charge in [0.2, 0.25) is 0 Å². The molecule has 0 bridgehead atoms. The van der Waals surface area contributed by atoms with Crippen molar-refractivity contribution in [2.24, 2.45) is 0 Å². The van der Waals surface area contributed by atoms with Gasteiger partial charge in [0.25, 0.3) is 0 Å². The predicted molar refractivity (Wildman–Crippen MR) is 351 cm³/mol. The van der Waals surface area contributed by atoms with Gasteiger partial charge in [-0.15, -0.1) is 0 Å². The molecule has 0 unspecified atom stereocenters. The van der Waals surface area contributed by atoms with Gasteiger partial charge in [0.1, 0.15) is 5.82 Å². The highest BCUT2D eigenvalue weighted by Crippen LogP contribution is 2.42. The zero-order chi connectivity index (χ0) is 55.0. The lowest BCUT2D eigenvalue weighted by molar-refractivity contribution is 1.08. The Hall–Kier alpha value is -11.3. The van der Waals surface area contributed by atoms with Crippen LogP contribution in [0.4, 0.5) is 0 Å². The molecule has 0 fully saturated rings. The Kier molecular flexibility index (Phi) is 9.99. The molecule has 0 spiro atoms. The standard InChI is InChI=1S/C78H48N6/c1-3-18-55(19-4-1)81-69-28-14-11-25-61(69)66-45-51(36-43-72(66)81)53-34-40-63-59-23-9-13-27-68(59)83(74(63)47-53)57-38-31-50(32-39-57)77-79-76-58-22-8-7-17-49(58)33-42-65(76)78(80-77)84-71-30-16-10-24-60(71)64-41-35-54(48-75(64)84)52-37-44-73-67(46-52)62-26-12-15-29-70(62)82(73)56-20-5-2-6-21-56/h1-48H. The van der Waals surface area contributed by atoms with E-state index < -0.39 is 0 Å². The van der Waals surface area contributed by atoms with Gasteiger partial charge in [-0.25, -0.2) is 9.97 Å². The molecule has 5 heterocycles. The largest absolute Gasteiger partial charge is 0.309 e. The third-order valence-electron chi connectivity index (χ3n) is 17.6. The molecular weight excluding hydrogens is 1020 g/mol. The molecule has 6 nitrogen and oxygen atoms in total. The van der Waals surface area contributed by atoms with Crippen LogP contribution in [0.15, 0.2) is 291 Å². The van der Waals surface area contributed by atoms with Crippen LogP contribution in [0.1, 0.15) is 0 Å². The van der Waals surface area contributed by atoms with Crippen LogP contribution in [0.25, 0.3) is 165 Å².